The maximum Gasteiger partial charge on any atom is 0.261 e. The summed E-state index contributed by atoms with van der Waals surface area (Å²) in [7, 11) is 1.50. The van der Waals surface area contributed by atoms with E-state index in [9.17, 15) is 13.2 Å². The predicted octanol–water partition coefficient (Wildman–Crippen LogP) is 2.73. The molecule has 1 aromatic carbocycles. The smallest absolute Gasteiger partial charge is 0.261 e. The van der Waals surface area contributed by atoms with Crippen LogP contribution in [0, 0.1) is 6.92 Å². The Balaban J connectivity index is 2.34. The first-order chi connectivity index (χ1) is 9.79. The molecule has 0 spiro atoms. The van der Waals surface area contributed by atoms with Crippen molar-refractivity contribution in [2.75, 3.05) is 5.32 Å². The zero-order valence-corrected chi connectivity index (χ0v) is 13.8. The summed E-state index contributed by atoms with van der Waals surface area (Å²) in [4.78, 5) is 12.0. The zero-order valence-electron chi connectivity index (χ0n) is 10.7. The minimum atomic E-state index is -3.84. The Labute approximate surface area is 134 Å². The molecule has 0 saturated carbocycles. The van der Waals surface area contributed by atoms with Gasteiger partial charge in [0, 0.05) is 15.2 Å². The van der Waals surface area contributed by atoms with E-state index in [1.807, 2.05) is 0 Å². The van der Waals surface area contributed by atoms with Gasteiger partial charge < -0.3 is 5.32 Å². The van der Waals surface area contributed by atoms with Crippen LogP contribution in [0.25, 0.3) is 0 Å². The van der Waals surface area contributed by atoms with Crippen LogP contribution in [-0.4, -0.2) is 24.5 Å². The first-order valence-electron chi connectivity index (χ1n) is 5.62. The van der Waals surface area contributed by atoms with E-state index in [-0.39, 0.29) is 10.8 Å². The molecule has 0 bridgehead atoms. The highest BCUT2D eigenvalue weighted by molar-refractivity contribution is 9.10. The van der Waals surface area contributed by atoms with E-state index in [0.29, 0.717) is 21.3 Å². The maximum absolute atomic E-state index is 12.0. The van der Waals surface area contributed by atoms with Crippen molar-refractivity contribution in [2.24, 2.45) is 0 Å². The molecule has 0 fully saturated rings. The molecular weight excluding hydrogens is 382 g/mol. The molecule has 21 heavy (non-hydrogen) atoms. The number of hydrogen-bond acceptors (Lipinski definition) is 5. The van der Waals surface area contributed by atoms with Crippen LogP contribution in [0.3, 0.4) is 0 Å². The summed E-state index contributed by atoms with van der Waals surface area (Å²) in [5, 5.41) is 9.85. The molecule has 0 unspecified atom stereocenters. The van der Waals surface area contributed by atoms with Crippen LogP contribution < -0.4 is 5.32 Å². The van der Waals surface area contributed by atoms with E-state index in [4.69, 9.17) is 10.7 Å². The number of nitrogens with one attached hydrogen (secondary N) is 1. The van der Waals surface area contributed by atoms with Crippen molar-refractivity contribution < 1.29 is 13.2 Å². The average molecular weight is 391 g/mol. The van der Waals surface area contributed by atoms with E-state index >= 15 is 0 Å². The van der Waals surface area contributed by atoms with Crippen LogP contribution in [-0.2, 0) is 9.05 Å². The number of aryl methyl sites for hydroxylation is 1. The van der Waals surface area contributed by atoms with E-state index < -0.39 is 9.05 Å². The van der Waals surface area contributed by atoms with Crippen molar-refractivity contribution in [3.8, 4) is 0 Å². The fourth-order valence-electron chi connectivity index (χ4n) is 1.64. The highest BCUT2D eigenvalue weighted by Gasteiger charge is 2.17. The van der Waals surface area contributed by atoms with E-state index in [1.165, 1.54) is 30.6 Å². The topological polar surface area (TPSA) is 89.0 Å². The van der Waals surface area contributed by atoms with Gasteiger partial charge in [-0.05, 0) is 46.6 Å². The van der Waals surface area contributed by atoms with Crippen molar-refractivity contribution in [3.63, 3.8) is 0 Å². The van der Waals surface area contributed by atoms with Crippen LogP contribution in [0.5, 0.6) is 0 Å². The second-order valence-corrected chi connectivity index (χ2v) is 7.51. The van der Waals surface area contributed by atoms with Gasteiger partial charge in [-0.25, -0.2) is 8.42 Å². The molecule has 0 radical (unpaired) electrons. The molecule has 0 aliphatic carbocycles. The normalized spacial score (nSPS) is 11.2. The molecule has 2 rings (SSSR count). The highest BCUT2D eigenvalue weighted by atomic mass is 79.9. The third-order valence-electron chi connectivity index (χ3n) is 2.62. The average Bonchev–Trinajstić information content (AvgIpc) is 2.42. The van der Waals surface area contributed by atoms with Gasteiger partial charge in [0.1, 0.15) is 0 Å². The van der Waals surface area contributed by atoms with E-state index in [0.717, 1.165) is 0 Å². The largest absolute Gasteiger partial charge is 0.321 e. The van der Waals surface area contributed by atoms with Crippen LogP contribution in [0.2, 0.25) is 0 Å². The molecule has 1 heterocycles. The van der Waals surface area contributed by atoms with Gasteiger partial charge in [-0.3, -0.25) is 4.79 Å². The van der Waals surface area contributed by atoms with Crippen molar-refractivity contribution in [1.82, 2.24) is 10.2 Å². The van der Waals surface area contributed by atoms with Crippen molar-refractivity contribution in [2.45, 2.75) is 11.8 Å². The predicted molar refractivity (Wildman–Crippen MR) is 81.9 cm³/mol. The molecule has 1 amide bonds. The second-order valence-electron chi connectivity index (χ2n) is 4.12. The van der Waals surface area contributed by atoms with E-state index in [2.05, 4.69) is 31.4 Å². The third kappa shape index (κ3) is 3.78. The fourth-order valence-corrected chi connectivity index (χ4v) is 3.44. The second kappa shape index (κ2) is 6.08. The lowest BCUT2D eigenvalue weighted by molar-refractivity contribution is 0.102. The molecule has 0 aliphatic heterocycles. The summed E-state index contributed by atoms with van der Waals surface area (Å²) in [6, 6.07) is 4.38. The molecule has 110 valence electrons. The van der Waals surface area contributed by atoms with Gasteiger partial charge in [-0.2, -0.15) is 10.2 Å². The molecule has 0 saturated heterocycles. The van der Waals surface area contributed by atoms with Gasteiger partial charge in [0.05, 0.1) is 28.5 Å². The molecule has 0 atom stereocenters. The summed E-state index contributed by atoms with van der Waals surface area (Å²) in [6.45, 7) is 1.59. The monoisotopic (exact) mass is 389 g/mol. The number of carbonyl (C=O) groups excluding carboxylic acids is 1. The number of anilines is 1. The Bertz CT molecular complexity index is 797. The lowest BCUT2D eigenvalue weighted by Crippen LogP contribution is -2.13. The number of nitrogens with zero attached hydrogens (tertiary/aromatic N) is 2. The van der Waals surface area contributed by atoms with Crippen molar-refractivity contribution in [3.05, 3.63) is 46.2 Å². The summed E-state index contributed by atoms with van der Waals surface area (Å²) in [5.74, 6) is -0.383. The number of carbonyl (C=O) groups is 1. The number of halogens is 2. The van der Waals surface area contributed by atoms with Crippen LogP contribution in [0.4, 0.5) is 5.69 Å². The quantitative estimate of drug-likeness (QED) is 0.814. The first-order valence-corrected chi connectivity index (χ1v) is 8.72. The summed E-state index contributed by atoms with van der Waals surface area (Å²) >= 11 is 3.21. The summed E-state index contributed by atoms with van der Waals surface area (Å²) in [5.41, 5.74) is 1.19. The van der Waals surface area contributed by atoms with Gasteiger partial charge in [0.15, 0.2) is 0 Å². The van der Waals surface area contributed by atoms with Crippen molar-refractivity contribution in [1.29, 1.82) is 0 Å². The maximum atomic E-state index is 12.0. The molecular formula is C12H9BrClN3O3S. The van der Waals surface area contributed by atoms with Gasteiger partial charge in [-0.1, -0.05) is 0 Å². The molecule has 1 N–H and O–H groups in total. The molecule has 0 aliphatic rings. The Morgan fingerprint density at radius 2 is 2.05 bits per heavy atom. The fraction of sp³-hybridized carbons (Fsp3) is 0.0833. The molecule has 9 heteroatoms. The van der Waals surface area contributed by atoms with Crippen LogP contribution in [0.15, 0.2) is 40.0 Å². The number of amides is 1. The van der Waals surface area contributed by atoms with Crippen molar-refractivity contribution >= 4 is 47.3 Å². The standard InChI is InChI=1S/C12H9BrClN3O3S/c1-7-4-10(9(13)5-11(7)21(14,19)20)17-12(18)8-2-3-15-16-6-8/h2-6H,1H3,(H,17,18). The van der Waals surface area contributed by atoms with E-state index in [1.54, 1.807) is 6.92 Å². The lowest BCUT2D eigenvalue weighted by Gasteiger charge is -2.10. The van der Waals surface area contributed by atoms with Crippen LogP contribution in [0.1, 0.15) is 15.9 Å². The third-order valence-corrected chi connectivity index (χ3v) is 4.74. The Morgan fingerprint density at radius 3 is 2.62 bits per heavy atom. The molecule has 2 aromatic rings. The number of rotatable bonds is 3. The SMILES string of the molecule is Cc1cc(NC(=O)c2ccnnc2)c(Br)cc1S(=O)(=O)Cl. The van der Waals surface area contributed by atoms with Crippen LogP contribution >= 0.6 is 26.6 Å². The van der Waals surface area contributed by atoms with Gasteiger partial charge >= 0.3 is 0 Å². The molecule has 6 nitrogen and oxygen atoms in total. The summed E-state index contributed by atoms with van der Waals surface area (Å²) < 4.78 is 23.2. The highest BCUT2D eigenvalue weighted by Crippen LogP contribution is 2.30. The van der Waals surface area contributed by atoms with Gasteiger partial charge in [0.25, 0.3) is 15.0 Å². The van der Waals surface area contributed by atoms with Gasteiger partial charge in [0.2, 0.25) is 0 Å². The lowest BCUT2D eigenvalue weighted by atomic mass is 10.2. The zero-order chi connectivity index (χ0) is 15.6. The first kappa shape index (κ1) is 15.9. The minimum absolute atomic E-state index is 0.0142. The minimum Gasteiger partial charge on any atom is -0.321 e. The van der Waals surface area contributed by atoms with Gasteiger partial charge in [-0.15, -0.1) is 0 Å². The number of hydrogen-bond donors (Lipinski definition) is 1. The number of aromatic nitrogens is 2. The Hall–Kier alpha value is -1.51. The Kier molecular flexibility index (Phi) is 4.60. The summed E-state index contributed by atoms with van der Waals surface area (Å²) in [6.07, 6.45) is 2.73. The molecule has 1 aromatic heterocycles. The number of benzene rings is 1. The Morgan fingerprint density at radius 1 is 1.33 bits per heavy atom.